The third-order valence-corrected chi connectivity index (χ3v) is 4.10. The van der Waals surface area contributed by atoms with Gasteiger partial charge >= 0.3 is 5.97 Å². The van der Waals surface area contributed by atoms with Crippen LogP contribution in [0.3, 0.4) is 0 Å². The number of carboxylic acid groups (broad SMARTS) is 1. The Morgan fingerprint density at radius 1 is 1.50 bits per heavy atom. The van der Waals surface area contributed by atoms with Crippen molar-refractivity contribution in [3.05, 3.63) is 35.4 Å². The predicted molar refractivity (Wildman–Crippen MR) is 82.1 cm³/mol. The Balaban J connectivity index is 2.86. The summed E-state index contributed by atoms with van der Waals surface area (Å²) in [5.74, 6) is 0.536. The second-order valence-corrected chi connectivity index (χ2v) is 5.80. The van der Waals surface area contributed by atoms with Gasteiger partial charge in [-0.15, -0.1) is 0 Å². The van der Waals surface area contributed by atoms with Crippen LogP contribution in [0.1, 0.15) is 24.5 Å². The van der Waals surface area contributed by atoms with Crippen molar-refractivity contribution in [2.24, 2.45) is 0 Å². The highest BCUT2D eigenvalue weighted by Crippen LogP contribution is 2.26. The molecule has 0 aromatic heterocycles. The van der Waals surface area contributed by atoms with Gasteiger partial charge in [-0.25, -0.2) is 4.79 Å². The Morgan fingerprint density at radius 3 is 2.85 bits per heavy atom. The number of aliphatic hydroxyl groups excluding tert-OH is 1. The van der Waals surface area contributed by atoms with Crippen LogP contribution in [0.5, 0.6) is 5.75 Å². The number of hydrogen-bond donors (Lipinski definition) is 2. The van der Waals surface area contributed by atoms with Crippen LogP contribution >= 0.6 is 11.8 Å². The number of hydrogen-bond acceptors (Lipinski definition) is 4. The van der Waals surface area contributed by atoms with Gasteiger partial charge in [-0.05, 0) is 35.8 Å². The molecule has 0 heterocycles. The van der Waals surface area contributed by atoms with Gasteiger partial charge in [0.1, 0.15) is 5.75 Å². The molecule has 0 aliphatic rings. The average Bonchev–Trinajstić information content (AvgIpc) is 2.43. The second kappa shape index (κ2) is 8.66. The van der Waals surface area contributed by atoms with Crippen LogP contribution in [-0.4, -0.2) is 35.1 Å². The van der Waals surface area contributed by atoms with E-state index in [9.17, 15) is 4.79 Å². The maximum absolute atomic E-state index is 10.6. The van der Waals surface area contributed by atoms with E-state index in [1.807, 2.05) is 18.2 Å². The topological polar surface area (TPSA) is 66.8 Å². The minimum absolute atomic E-state index is 0.179. The Bertz CT molecular complexity index is 471. The maximum Gasteiger partial charge on any atom is 0.328 e. The summed E-state index contributed by atoms with van der Waals surface area (Å²) in [6.45, 7) is 2.24. The minimum Gasteiger partial charge on any atom is -0.497 e. The summed E-state index contributed by atoms with van der Waals surface area (Å²) >= 11 is 1.72. The monoisotopic (exact) mass is 296 g/mol. The van der Waals surface area contributed by atoms with Crippen LogP contribution in [-0.2, 0) is 10.5 Å². The lowest BCUT2D eigenvalue weighted by molar-refractivity contribution is -0.131. The molecule has 0 fully saturated rings. The molecule has 1 aromatic carbocycles. The fourth-order valence-electron chi connectivity index (χ4n) is 1.65. The number of methoxy groups -OCH3 is 1. The fraction of sp³-hybridized carbons (Fsp3) is 0.400. The molecule has 1 aromatic rings. The van der Waals surface area contributed by atoms with Gasteiger partial charge in [-0.1, -0.05) is 13.0 Å². The molecule has 1 rings (SSSR count). The number of thioether (sulfide) groups is 1. The Hall–Kier alpha value is -1.46. The van der Waals surface area contributed by atoms with Crippen molar-refractivity contribution >= 4 is 23.8 Å². The van der Waals surface area contributed by atoms with Crippen LogP contribution in [0.4, 0.5) is 0 Å². The molecule has 4 nitrogen and oxygen atoms in total. The summed E-state index contributed by atoms with van der Waals surface area (Å²) in [5, 5.41) is 18.0. The van der Waals surface area contributed by atoms with Gasteiger partial charge in [0.25, 0.3) is 0 Å². The van der Waals surface area contributed by atoms with Crippen LogP contribution < -0.4 is 4.74 Å². The molecule has 2 N–H and O–H groups in total. The first kappa shape index (κ1) is 16.6. The number of carbonyl (C=O) groups is 1. The largest absolute Gasteiger partial charge is 0.497 e. The van der Waals surface area contributed by atoms with Gasteiger partial charge in [0.15, 0.2) is 0 Å². The van der Waals surface area contributed by atoms with E-state index in [1.165, 1.54) is 0 Å². The number of rotatable bonds is 8. The molecule has 0 aliphatic heterocycles. The van der Waals surface area contributed by atoms with Gasteiger partial charge in [0.2, 0.25) is 0 Å². The Kier molecular flexibility index (Phi) is 7.18. The highest BCUT2D eigenvalue weighted by Gasteiger charge is 2.07. The van der Waals surface area contributed by atoms with E-state index in [0.29, 0.717) is 5.25 Å². The van der Waals surface area contributed by atoms with Gasteiger partial charge in [-0.2, -0.15) is 11.8 Å². The van der Waals surface area contributed by atoms with E-state index in [1.54, 1.807) is 24.9 Å². The van der Waals surface area contributed by atoms with Crippen LogP contribution in [0.15, 0.2) is 24.3 Å². The molecular formula is C15H20O4S. The van der Waals surface area contributed by atoms with Crippen molar-refractivity contribution in [1.82, 2.24) is 0 Å². The number of carboxylic acids is 1. The van der Waals surface area contributed by atoms with E-state index in [0.717, 1.165) is 35.1 Å². The summed E-state index contributed by atoms with van der Waals surface area (Å²) in [5.41, 5.74) is 1.90. The van der Waals surface area contributed by atoms with E-state index in [4.69, 9.17) is 14.9 Å². The van der Waals surface area contributed by atoms with E-state index in [2.05, 4.69) is 6.92 Å². The molecule has 0 spiro atoms. The van der Waals surface area contributed by atoms with Crippen molar-refractivity contribution < 1.29 is 19.7 Å². The molecule has 20 heavy (non-hydrogen) atoms. The normalized spacial score (nSPS) is 12.6. The smallest absolute Gasteiger partial charge is 0.328 e. The molecule has 1 atom stereocenters. The van der Waals surface area contributed by atoms with Gasteiger partial charge in [-0.3, -0.25) is 0 Å². The molecule has 0 saturated carbocycles. The van der Waals surface area contributed by atoms with Gasteiger partial charge in [0.05, 0.1) is 7.11 Å². The van der Waals surface area contributed by atoms with Crippen molar-refractivity contribution in [2.45, 2.75) is 24.3 Å². The van der Waals surface area contributed by atoms with E-state index < -0.39 is 5.97 Å². The number of ether oxygens (including phenoxy) is 1. The van der Waals surface area contributed by atoms with Gasteiger partial charge < -0.3 is 14.9 Å². The molecule has 0 amide bonds. The summed E-state index contributed by atoms with van der Waals surface area (Å²) in [7, 11) is 1.60. The highest BCUT2D eigenvalue weighted by atomic mass is 32.2. The maximum atomic E-state index is 10.6. The number of aliphatic carboxylic acids is 1. The highest BCUT2D eigenvalue weighted by molar-refractivity contribution is 7.99. The van der Waals surface area contributed by atoms with Gasteiger partial charge in [0, 0.05) is 23.7 Å². The van der Waals surface area contributed by atoms with Crippen molar-refractivity contribution in [2.75, 3.05) is 13.7 Å². The SMILES string of the molecule is COc1ccc(C=CC(=O)O)c(CSC(C)CCO)c1. The number of benzene rings is 1. The van der Waals surface area contributed by atoms with Crippen molar-refractivity contribution in [3.63, 3.8) is 0 Å². The predicted octanol–water partition coefficient (Wildman–Crippen LogP) is 2.80. The summed E-state index contributed by atoms with van der Waals surface area (Å²) in [4.78, 5) is 10.6. The molecule has 0 bridgehead atoms. The zero-order valence-electron chi connectivity index (χ0n) is 11.7. The fourth-order valence-corrected chi connectivity index (χ4v) is 2.64. The number of aliphatic hydroxyl groups is 1. The molecule has 0 aliphatic carbocycles. The first-order valence-electron chi connectivity index (χ1n) is 6.37. The van der Waals surface area contributed by atoms with E-state index >= 15 is 0 Å². The Labute approximate surface area is 123 Å². The van der Waals surface area contributed by atoms with Crippen molar-refractivity contribution in [3.8, 4) is 5.75 Å². The molecule has 0 radical (unpaired) electrons. The lowest BCUT2D eigenvalue weighted by Gasteiger charge is -2.12. The summed E-state index contributed by atoms with van der Waals surface area (Å²) in [6.07, 6.45) is 3.47. The lowest BCUT2D eigenvalue weighted by atomic mass is 10.1. The van der Waals surface area contributed by atoms with E-state index in [-0.39, 0.29) is 6.61 Å². The molecule has 0 saturated heterocycles. The van der Waals surface area contributed by atoms with Crippen LogP contribution in [0.25, 0.3) is 6.08 Å². The molecular weight excluding hydrogens is 276 g/mol. The molecule has 110 valence electrons. The third-order valence-electron chi connectivity index (χ3n) is 2.81. The third kappa shape index (κ3) is 5.67. The second-order valence-electron chi connectivity index (χ2n) is 4.37. The quantitative estimate of drug-likeness (QED) is 0.722. The van der Waals surface area contributed by atoms with Crippen molar-refractivity contribution in [1.29, 1.82) is 0 Å². The minimum atomic E-state index is -0.965. The first-order valence-corrected chi connectivity index (χ1v) is 7.42. The summed E-state index contributed by atoms with van der Waals surface area (Å²) in [6, 6.07) is 5.58. The molecule has 5 heteroatoms. The zero-order valence-corrected chi connectivity index (χ0v) is 12.5. The lowest BCUT2D eigenvalue weighted by Crippen LogP contribution is -2.01. The standard InChI is InChI=1S/C15H20O4S/c1-11(7-8-16)20-10-13-9-14(19-2)5-3-12(13)4-6-15(17)18/h3-6,9,11,16H,7-8,10H2,1-2H3,(H,17,18). The van der Waals surface area contributed by atoms with Crippen LogP contribution in [0.2, 0.25) is 0 Å². The average molecular weight is 296 g/mol. The summed E-state index contributed by atoms with van der Waals surface area (Å²) < 4.78 is 5.20. The zero-order chi connectivity index (χ0) is 15.0. The first-order chi connectivity index (χ1) is 9.56. The molecule has 1 unspecified atom stereocenters. The van der Waals surface area contributed by atoms with Crippen LogP contribution in [0, 0.1) is 0 Å². The Morgan fingerprint density at radius 2 is 2.25 bits per heavy atom.